The van der Waals surface area contributed by atoms with Gasteiger partial charge < -0.3 is 5.73 Å². The van der Waals surface area contributed by atoms with Crippen LogP contribution in [0.15, 0.2) is 47.5 Å². The van der Waals surface area contributed by atoms with Crippen molar-refractivity contribution < 1.29 is 8.42 Å². The van der Waals surface area contributed by atoms with E-state index in [1.54, 1.807) is 24.4 Å². The van der Waals surface area contributed by atoms with Crippen molar-refractivity contribution in [3.8, 4) is 0 Å². The maximum atomic E-state index is 12.1. The van der Waals surface area contributed by atoms with Crippen LogP contribution in [0.2, 0.25) is 0 Å². The normalized spacial score (nSPS) is 11.4. The van der Waals surface area contributed by atoms with Gasteiger partial charge in [0, 0.05) is 18.4 Å². The number of nitrogens with two attached hydrogens (primary N) is 1. The largest absolute Gasteiger partial charge is 0.398 e. The second-order valence-corrected chi connectivity index (χ2v) is 5.91. The molecule has 0 radical (unpaired) electrons. The van der Waals surface area contributed by atoms with Crippen LogP contribution < -0.4 is 10.5 Å². The van der Waals surface area contributed by atoms with E-state index in [2.05, 4.69) is 9.71 Å². The molecule has 0 amide bonds. The molecule has 0 aliphatic heterocycles. The van der Waals surface area contributed by atoms with Crippen LogP contribution in [-0.2, 0) is 16.6 Å². The Balaban J connectivity index is 2.14. The molecule has 0 saturated heterocycles. The monoisotopic (exact) mass is 277 g/mol. The number of hydrogen-bond donors (Lipinski definition) is 2. The number of rotatable bonds is 4. The Bertz CT molecular complexity index is 667. The summed E-state index contributed by atoms with van der Waals surface area (Å²) in [5, 5.41) is 0. The fourth-order valence-corrected chi connectivity index (χ4v) is 2.73. The zero-order valence-corrected chi connectivity index (χ0v) is 11.3. The summed E-state index contributed by atoms with van der Waals surface area (Å²) in [4.78, 5) is 4.20. The number of pyridine rings is 1. The van der Waals surface area contributed by atoms with Gasteiger partial charge in [-0.2, -0.15) is 0 Å². The lowest BCUT2D eigenvalue weighted by Crippen LogP contribution is -2.24. The van der Waals surface area contributed by atoms with E-state index >= 15 is 0 Å². The van der Waals surface area contributed by atoms with Crippen LogP contribution in [-0.4, -0.2) is 13.4 Å². The Hall–Kier alpha value is -1.92. The van der Waals surface area contributed by atoms with Gasteiger partial charge in [-0.15, -0.1) is 0 Å². The second-order valence-electron chi connectivity index (χ2n) is 4.17. The van der Waals surface area contributed by atoms with E-state index in [4.69, 9.17) is 5.73 Å². The standard InChI is InChI=1S/C13H15N3O2S/c1-10-6-7-11(8-15-10)9-16-19(17,18)13-5-3-2-4-12(13)14/h2-8,16H,9,14H2,1H3. The van der Waals surface area contributed by atoms with E-state index in [-0.39, 0.29) is 17.1 Å². The lowest BCUT2D eigenvalue weighted by Gasteiger charge is -2.08. The Labute approximate surface area is 112 Å². The van der Waals surface area contributed by atoms with Crippen LogP contribution >= 0.6 is 0 Å². The van der Waals surface area contributed by atoms with Gasteiger partial charge in [-0.05, 0) is 30.7 Å². The predicted molar refractivity (Wildman–Crippen MR) is 73.9 cm³/mol. The van der Waals surface area contributed by atoms with Gasteiger partial charge in [0.1, 0.15) is 4.90 Å². The number of para-hydroxylation sites is 1. The number of nitrogens with one attached hydrogen (secondary N) is 1. The molecule has 0 saturated carbocycles. The SMILES string of the molecule is Cc1ccc(CNS(=O)(=O)c2ccccc2N)cn1. The van der Waals surface area contributed by atoms with E-state index in [0.717, 1.165) is 11.3 Å². The molecule has 5 nitrogen and oxygen atoms in total. The molecule has 0 aliphatic carbocycles. The molecule has 100 valence electrons. The first-order chi connectivity index (χ1) is 8.99. The van der Waals surface area contributed by atoms with Crippen LogP contribution in [0.1, 0.15) is 11.3 Å². The molecule has 0 fully saturated rings. The number of sulfonamides is 1. The summed E-state index contributed by atoms with van der Waals surface area (Å²) in [7, 11) is -3.60. The van der Waals surface area contributed by atoms with E-state index in [1.165, 1.54) is 6.07 Å². The Morgan fingerprint density at radius 3 is 2.58 bits per heavy atom. The van der Waals surface area contributed by atoms with Gasteiger partial charge in [-0.3, -0.25) is 4.98 Å². The molecular formula is C13H15N3O2S. The topological polar surface area (TPSA) is 85.1 Å². The number of hydrogen-bond acceptors (Lipinski definition) is 4. The minimum Gasteiger partial charge on any atom is -0.398 e. The summed E-state index contributed by atoms with van der Waals surface area (Å²) in [5.74, 6) is 0. The highest BCUT2D eigenvalue weighted by Gasteiger charge is 2.16. The van der Waals surface area contributed by atoms with Crippen LogP contribution in [0.5, 0.6) is 0 Å². The van der Waals surface area contributed by atoms with Gasteiger partial charge in [0.25, 0.3) is 0 Å². The summed E-state index contributed by atoms with van der Waals surface area (Å²) < 4.78 is 26.7. The molecule has 1 heterocycles. The van der Waals surface area contributed by atoms with E-state index in [1.807, 2.05) is 19.1 Å². The fourth-order valence-electron chi connectivity index (χ4n) is 1.58. The number of nitrogen functional groups attached to an aromatic ring is 1. The highest BCUT2D eigenvalue weighted by atomic mass is 32.2. The van der Waals surface area contributed by atoms with Gasteiger partial charge in [0.2, 0.25) is 10.0 Å². The summed E-state index contributed by atoms with van der Waals surface area (Å²) in [6, 6.07) is 10.0. The number of aromatic nitrogens is 1. The summed E-state index contributed by atoms with van der Waals surface area (Å²) in [6.45, 7) is 2.06. The van der Waals surface area contributed by atoms with Gasteiger partial charge in [0.05, 0.1) is 5.69 Å². The molecule has 0 unspecified atom stereocenters. The van der Waals surface area contributed by atoms with Crippen molar-refractivity contribution in [3.05, 3.63) is 53.9 Å². The van der Waals surface area contributed by atoms with Crippen LogP contribution in [0.4, 0.5) is 5.69 Å². The molecule has 3 N–H and O–H groups in total. The van der Waals surface area contributed by atoms with Crippen LogP contribution in [0.3, 0.4) is 0 Å². The third-order valence-corrected chi connectivity index (χ3v) is 4.12. The minimum atomic E-state index is -3.60. The van der Waals surface area contributed by atoms with Crippen LogP contribution in [0.25, 0.3) is 0 Å². The van der Waals surface area contributed by atoms with Crippen molar-refractivity contribution in [3.63, 3.8) is 0 Å². The van der Waals surface area contributed by atoms with Crippen molar-refractivity contribution in [2.24, 2.45) is 0 Å². The Morgan fingerprint density at radius 2 is 1.95 bits per heavy atom. The highest BCUT2D eigenvalue weighted by molar-refractivity contribution is 7.89. The average Bonchev–Trinajstić information content (AvgIpc) is 2.38. The summed E-state index contributed by atoms with van der Waals surface area (Å²) in [6.07, 6.45) is 1.65. The zero-order chi connectivity index (χ0) is 13.9. The van der Waals surface area contributed by atoms with Gasteiger partial charge in [-0.1, -0.05) is 18.2 Å². The molecule has 0 bridgehead atoms. The third kappa shape index (κ3) is 3.30. The minimum absolute atomic E-state index is 0.0927. The molecule has 1 aromatic heterocycles. The quantitative estimate of drug-likeness (QED) is 0.828. The smallest absolute Gasteiger partial charge is 0.242 e. The Kier molecular flexibility index (Phi) is 3.82. The van der Waals surface area contributed by atoms with Gasteiger partial charge in [0.15, 0.2) is 0 Å². The summed E-state index contributed by atoms with van der Waals surface area (Å²) in [5.41, 5.74) is 7.58. The number of benzene rings is 1. The molecule has 0 aliphatic rings. The molecule has 19 heavy (non-hydrogen) atoms. The van der Waals surface area contributed by atoms with Crippen LogP contribution in [0, 0.1) is 6.92 Å². The molecular weight excluding hydrogens is 262 g/mol. The van der Waals surface area contributed by atoms with Crippen molar-refractivity contribution in [1.82, 2.24) is 9.71 Å². The molecule has 1 aromatic carbocycles. The van der Waals surface area contributed by atoms with Crippen molar-refractivity contribution in [2.75, 3.05) is 5.73 Å². The van der Waals surface area contributed by atoms with E-state index in [0.29, 0.717) is 0 Å². The fraction of sp³-hybridized carbons (Fsp3) is 0.154. The zero-order valence-electron chi connectivity index (χ0n) is 10.5. The summed E-state index contributed by atoms with van der Waals surface area (Å²) >= 11 is 0. The number of anilines is 1. The highest BCUT2D eigenvalue weighted by Crippen LogP contribution is 2.17. The Morgan fingerprint density at radius 1 is 1.21 bits per heavy atom. The molecule has 2 aromatic rings. The first kappa shape index (κ1) is 13.5. The average molecular weight is 277 g/mol. The number of nitrogens with zero attached hydrogens (tertiary/aromatic N) is 1. The lowest BCUT2D eigenvalue weighted by molar-refractivity contribution is 0.581. The van der Waals surface area contributed by atoms with Gasteiger partial charge >= 0.3 is 0 Å². The van der Waals surface area contributed by atoms with E-state index < -0.39 is 10.0 Å². The third-order valence-electron chi connectivity index (χ3n) is 2.65. The predicted octanol–water partition coefficient (Wildman–Crippen LogP) is 1.45. The maximum absolute atomic E-state index is 12.1. The maximum Gasteiger partial charge on any atom is 0.242 e. The van der Waals surface area contributed by atoms with E-state index in [9.17, 15) is 8.42 Å². The first-order valence-electron chi connectivity index (χ1n) is 5.75. The number of aryl methyl sites for hydroxylation is 1. The van der Waals surface area contributed by atoms with Gasteiger partial charge in [-0.25, -0.2) is 13.1 Å². The molecule has 6 heteroatoms. The van der Waals surface area contributed by atoms with Crippen molar-refractivity contribution in [1.29, 1.82) is 0 Å². The van der Waals surface area contributed by atoms with Crippen molar-refractivity contribution in [2.45, 2.75) is 18.4 Å². The molecule has 0 atom stereocenters. The second kappa shape index (κ2) is 5.38. The molecule has 2 rings (SSSR count). The molecule has 0 spiro atoms. The van der Waals surface area contributed by atoms with Crippen molar-refractivity contribution >= 4 is 15.7 Å². The lowest BCUT2D eigenvalue weighted by atomic mass is 10.2. The first-order valence-corrected chi connectivity index (χ1v) is 7.23.